The number of hydrogen-bond acceptors (Lipinski definition) is 4. The zero-order chi connectivity index (χ0) is 19.9. The standard InChI is InChI=1S/C23H37N3O2/c1-18(2)17-22(26-13-11-25(12-14-26)15-16-27)23(28)24-21-9-7-20(8-10-21)19-5-3-4-6-19/h7-10,18-19,22,27H,3-6,11-17H2,1-2H3,(H,24,28)/t22-/m1/s1. The Labute approximate surface area is 170 Å². The van der Waals surface area contributed by atoms with Crippen molar-refractivity contribution in [3.63, 3.8) is 0 Å². The van der Waals surface area contributed by atoms with Crippen molar-refractivity contribution in [3.8, 4) is 0 Å². The Morgan fingerprint density at radius 2 is 1.75 bits per heavy atom. The van der Waals surface area contributed by atoms with Gasteiger partial charge in [0.15, 0.2) is 0 Å². The third-order valence-corrected chi connectivity index (χ3v) is 6.27. The van der Waals surface area contributed by atoms with Crippen molar-refractivity contribution in [1.29, 1.82) is 0 Å². The van der Waals surface area contributed by atoms with Crippen molar-refractivity contribution in [1.82, 2.24) is 9.80 Å². The van der Waals surface area contributed by atoms with E-state index in [1.54, 1.807) is 0 Å². The van der Waals surface area contributed by atoms with Crippen LogP contribution in [0.1, 0.15) is 57.4 Å². The molecule has 2 aliphatic rings. The summed E-state index contributed by atoms with van der Waals surface area (Å²) in [6, 6.07) is 8.42. The molecule has 1 atom stereocenters. The SMILES string of the molecule is CC(C)C[C@H](C(=O)Nc1ccc(C2CCCC2)cc1)N1CCN(CCO)CC1. The molecule has 156 valence electrons. The van der Waals surface area contributed by atoms with E-state index >= 15 is 0 Å². The molecular formula is C23H37N3O2. The molecule has 1 amide bonds. The molecule has 0 unspecified atom stereocenters. The van der Waals surface area contributed by atoms with Crippen LogP contribution in [0.3, 0.4) is 0 Å². The molecule has 1 saturated carbocycles. The van der Waals surface area contributed by atoms with Crippen LogP contribution >= 0.6 is 0 Å². The number of anilines is 1. The van der Waals surface area contributed by atoms with Crippen molar-refractivity contribution in [3.05, 3.63) is 29.8 Å². The van der Waals surface area contributed by atoms with Crippen LogP contribution < -0.4 is 5.32 Å². The van der Waals surface area contributed by atoms with Crippen LogP contribution in [0, 0.1) is 5.92 Å². The minimum atomic E-state index is -0.0919. The molecule has 5 nitrogen and oxygen atoms in total. The van der Waals surface area contributed by atoms with Gasteiger partial charge >= 0.3 is 0 Å². The van der Waals surface area contributed by atoms with E-state index in [1.165, 1.54) is 31.2 Å². The fourth-order valence-electron chi connectivity index (χ4n) is 4.63. The Balaban J connectivity index is 1.59. The van der Waals surface area contributed by atoms with Crippen molar-refractivity contribution in [2.24, 2.45) is 5.92 Å². The molecule has 0 aromatic heterocycles. The fourth-order valence-corrected chi connectivity index (χ4v) is 4.63. The lowest BCUT2D eigenvalue weighted by Gasteiger charge is -2.39. The summed E-state index contributed by atoms with van der Waals surface area (Å²) in [5.41, 5.74) is 2.31. The number of nitrogens with one attached hydrogen (secondary N) is 1. The third-order valence-electron chi connectivity index (χ3n) is 6.27. The molecule has 0 bridgehead atoms. The van der Waals surface area contributed by atoms with E-state index in [2.05, 4.69) is 53.2 Å². The topological polar surface area (TPSA) is 55.8 Å². The van der Waals surface area contributed by atoms with Crippen molar-refractivity contribution in [2.45, 2.75) is 57.9 Å². The van der Waals surface area contributed by atoms with Gasteiger partial charge in [0.2, 0.25) is 5.91 Å². The molecule has 1 saturated heterocycles. The highest BCUT2D eigenvalue weighted by atomic mass is 16.3. The second-order valence-corrected chi connectivity index (χ2v) is 8.84. The summed E-state index contributed by atoms with van der Waals surface area (Å²) in [5.74, 6) is 1.28. The number of nitrogens with zero attached hydrogens (tertiary/aromatic N) is 2. The van der Waals surface area contributed by atoms with Crippen LogP contribution in [0.25, 0.3) is 0 Å². The van der Waals surface area contributed by atoms with Crippen LogP contribution in [0.4, 0.5) is 5.69 Å². The van der Waals surface area contributed by atoms with Crippen LogP contribution in [0.5, 0.6) is 0 Å². The summed E-state index contributed by atoms with van der Waals surface area (Å²) in [6.45, 7) is 8.88. The van der Waals surface area contributed by atoms with E-state index in [9.17, 15) is 4.79 Å². The Kier molecular flexibility index (Phi) is 7.89. The van der Waals surface area contributed by atoms with Gasteiger partial charge in [0.25, 0.3) is 0 Å². The zero-order valence-electron chi connectivity index (χ0n) is 17.6. The van der Waals surface area contributed by atoms with Crippen molar-refractivity contribution in [2.75, 3.05) is 44.6 Å². The first-order valence-electron chi connectivity index (χ1n) is 11.0. The van der Waals surface area contributed by atoms with Crippen LogP contribution in [0.15, 0.2) is 24.3 Å². The van der Waals surface area contributed by atoms with E-state index < -0.39 is 0 Å². The van der Waals surface area contributed by atoms with Crippen LogP contribution in [0.2, 0.25) is 0 Å². The largest absolute Gasteiger partial charge is 0.395 e. The van der Waals surface area contributed by atoms with E-state index in [4.69, 9.17) is 5.11 Å². The maximum atomic E-state index is 13.1. The maximum Gasteiger partial charge on any atom is 0.241 e. The first-order valence-corrected chi connectivity index (χ1v) is 11.0. The predicted molar refractivity (Wildman–Crippen MR) is 115 cm³/mol. The quantitative estimate of drug-likeness (QED) is 0.719. The van der Waals surface area contributed by atoms with Gasteiger partial charge in [0, 0.05) is 38.4 Å². The Morgan fingerprint density at radius 3 is 2.32 bits per heavy atom. The number of aliphatic hydroxyl groups is 1. The lowest BCUT2D eigenvalue weighted by atomic mass is 9.97. The number of hydrogen-bond donors (Lipinski definition) is 2. The van der Waals surface area contributed by atoms with Gasteiger partial charge in [-0.25, -0.2) is 0 Å². The molecule has 0 radical (unpaired) electrons. The summed E-state index contributed by atoms with van der Waals surface area (Å²) < 4.78 is 0. The fraction of sp³-hybridized carbons (Fsp3) is 0.696. The average Bonchev–Trinajstić information content (AvgIpc) is 3.22. The molecule has 1 aromatic rings. The third kappa shape index (κ3) is 5.79. The molecule has 2 fully saturated rings. The molecule has 28 heavy (non-hydrogen) atoms. The minimum Gasteiger partial charge on any atom is -0.395 e. The Morgan fingerprint density at radius 1 is 1.11 bits per heavy atom. The zero-order valence-corrected chi connectivity index (χ0v) is 17.6. The molecule has 5 heteroatoms. The number of rotatable bonds is 8. The number of carbonyl (C=O) groups excluding carboxylic acids is 1. The number of aliphatic hydroxyl groups excluding tert-OH is 1. The summed E-state index contributed by atoms with van der Waals surface area (Å²) in [7, 11) is 0. The van der Waals surface area contributed by atoms with E-state index in [0.717, 1.165) is 44.8 Å². The number of piperazine rings is 1. The Bertz CT molecular complexity index is 603. The monoisotopic (exact) mass is 387 g/mol. The predicted octanol–water partition coefficient (Wildman–Crippen LogP) is 3.31. The summed E-state index contributed by atoms with van der Waals surface area (Å²) in [5, 5.41) is 12.3. The normalized spacial score (nSPS) is 20.6. The van der Waals surface area contributed by atoms with Crippen molar-refractivity contribution >= 4 is 11.6 Å². The number of benzene rings is 1. The first-order chi connectivity index (χ1) is 13.6. The summed E-state index contributed by atoms with van der Waals surface area (Å²) >= 11 is 0. The van der Waals surface area contributed by atoms with Gasteiger partial charge in [-0.05, 0) is 48.8 Å². The second-order valence-electron chi connectivity index (χ2n) is 8.84. The highest BCUT2D eigenvalue weighted by molar-refractivity contribution is 5.94. The van der Waals surface area contributed by atoms with Gasteiger partial charge < -0.3 is 10.4 Å². The lowest BCUT2D eigenvalue weighted by molar-refractivity contribution is -0.122. The molecule has 1 aliphatic carbocycles. The molecular weight excluding hydrogens is 350 g/mol. The smallest absolute Gasteiger partial charge is 0.241 e. The van der Waals surface area contributed by atoms with Crippen LogP contribution in [-0.4, -0.2) is 66.2 Å². The summed E-state index contributed by atoms with van der Waals surface area (Å²) in [6.07, 6.45) is 6.14. The maximum absolute atomic E-state index is 13.1. The summed E-state index contributed by atoms with van der Waals surface area (Å²) in [4.78, 5) is 17.7. The van der Waals surface area contributed by atoms with Gasteiger partial charge in [-0.3, -0.25) is 14.6 Å². The molecule has 0 spiro atoms. The van der Waals surface area contributed by atoms with Crippen LogP contribution in [-0.2, 0) is 4.79 Å². The molecule has 2 N–H and O–H groups in total. The van der Waals surface area contributed by atoms with Gasteiger partial charge in [0.1, 0.15) is 0 Å². The highest BCUT2D eigenvalue weighted by Gasteiger charge is 2.29. The second kappa shape index (κ2) is 10.4. The molecule has 1 aliphatic heterocycles. The van der Waals surface area contributed by atoms with Crippen molar-refractivity contribution < 1.29 is 9.90 Å². The Hall–Kier alpha value is -1.43. The van der Waals surface area contributed by atoms with Gasteiger partial charge in [0.05, 0.1) is 12.6 Å². The lowest BCUT2D eigenvalue weighted by Crippen LogP contribution is -2.54. The van der Waals surface area contributed by atoms with E-state index in [1.807, 2.05) is 0 Å². The number of amides is 1. The average molecular weight is 388 g/mol. The van der Waals surface area contributed by atoms with E-state index in [-0.39, 0.29) is 18.6 Å². The molecule has 1 heterocycles. The van der Waals surface area contributed by atoms with Gasteiger partial charge in [-0.1, -0.05) is 38.8 Å². The number of β-amino-alcohol motifs (C(OH)–C–C–N with tert-alkyl or cyclic N) is 1. The molecule has 1 aromatic carbocycles. The van der Waals surface area contributed by atoms with Gasteiger partial charge in [-0.15, -0.1) is 0 Å². The highest BCUT2D eigenvalue weighted by Crippen LogP contribution is 2.34. The number of carbonyl (C=O) groups is 1. The van der Waals surface area contributed by atoms with E-state index in [0.29, 0.717) is 11.8 Å². The minimum absolute atomic E-state index is 0.0919. The molecule has 3 rings (SSSR count). The van der Waals surface area contributed by atoms with Gasteiger partial charge in [-0.2, -0.15) is 0 Å². The first kappa shape index (κ1) is 21.3.